The summed E-state index contributed by atoms with van der Waals surface area (Å²) in [5.41, 5.74) is 1.46. The maximum atomic E-state index is 11.9. The fraction of sp³-hybridized carbons (Fsp3) is 0.571. The quantitative estimate of drug-likeness (QED) is 0.883. The van der Waals surface area contributed by atoms with Crippen molar-refractivity contribution in [2.75, 3.05) is 21.1 Å². The van der Waals surface area contributed by atoms with Gasteiger partial charge in [0.05, 0.1) is 6.54 Å². The van der Waals surface area contributed by atoms with Crippen molar-refractivity contribution < 1.29 is 4.79 Å². The van der Waals surface area contributed by atoms with E-state index < -0.39 is 0 Å². The molecule has 1 N–H and O–H groups in total. The predicted molar refractivity (Wildman–Crippen MR) is 76.2 cm³/mol. The van der Waals surface area contributed by atoms with Crippen molar-refractivity contribution in [2.24, 2.45) is 0 Å². The molecular formula is C14H23N3O2. The second-order valence-electron chi connectivity index (χ2n) is 4.97. The Labute approximate surface area is 114 Å². The highest BCUT2D eigenvalue weighted by Crippen LogP contribution is 2.04. The molecule has 0 unspecified atom stereocenters. The van der Waals surface area contributed by atoms with Gasteiger partial charge in [-0.1, -0.05) is 19.4 Å². The first-order valence-corrected chi connectivity index (χ1v) is 6.59. The van der Waals surface area contributed by atoms with Crippen LogP contribution in [0.4, 0.5) is 4.79 Å². The average molecular weight is 265 g/mol. The molecule has 0 saturated heterocycles. The van der Waals surface area contributed by atoms with Crippen molar-refractivity contribution in [3.63, 3.8) is 0 Å². The van der Waals surface area contributed by atoms with E-state index in [1.165, 1.54) is 9.80 Å². The van der Waals surface area contributed by atoms with Crippen molar-refractivity contribution in [1.29, 1.82) is 0 Å². The van der Waals surface area contributed by atoms with Crippen LogP contribution in [0.1, 0.15) is 31.0 Å². The molecule has 0 spiro atoms. The van der Waals surface area contributed by atoms with Crippen molar-refractivity contribution >= 4 is 6.03 Å². The minimum Gasteiger partial charge on any atom is -0.331 e. The Bertz CT molecular complexity index is 480. The van der Waals surface area contributed by atoms with Gasteiger partial charge in [0.1, 0.15) is 0 Å². The molecule has 0 atom stereocenters. The van der Waals surface area contributed by atoms with Crippen LogP contribution in [0.2, 0.25) is 0 Å². The first-order valence-electron chi connectivity index (χ1n) is 6.59. The zero-order chi connectivity index (χ0) is 14.4. The Morgan fingerprint density at radius 1 is 1.26 bits per heavy atom. The molecule has 5 heteroatoms. The largest absolute Gasteiger partial charge is 0.331 e. The number of H-pyrrole nitrogens is 1. The first-order chi connectivity index (χ1) is 8.95. The number of nitrogens with zero attached hydrogens (tertiary/aromatic N) is 2. The van der Waals surface area contributed by atoms with Gasteiger partial charge in [0.2, 0.25) is 0 Å². The van der Waals surface area contributed by atoms with E-state index in [1.54, 1.807) is 21.1 Å². The van der Waals surface area contributed by atoms with Gasteiger partial charge in [-0.2, -0.15) is 0 Å². The van der Waals surface area contributed by atoms with Crippen LogP contribution in [0.25, 0.3) is 0 Å². The van der Waals surface area contributed by atoms with Gasteiger partial charge in [0.25, 0.3) is 5.56 Å². The number of hydrogen-bond acceptors (Lipinski definition) is 2. The Hall–Kier alpha value is -1.78. The summed E-state index contributed by atoms with van der Waals surface area (Å²) in [5.74, 6) is 0. The number of aromatic amines is 1. The molecule has 1 rings (SSSR count). The minimum absolute atomic E-state index is 0.105. The molecule has 0 fully saturated rings. The Balaban J connectivity index is 2.75. The summed E-state index contributed by atoms with van der Waals surface area (Å²) in [6.07, 6.45) is 3.05. The van der Waals surface area contributed by atoms with Gasteiger partial charge in [-0.3, -0.25) is 4.79 Å². The summed E-state index contributed by atoms with van der Waals surface area (Å²) in [6, 6.07) is 3.62. The fourth-order valence-electron chi connectivity index (χ4n) is 1.85. The van der Waals surface area contributed by atoms with Crippen molar-refractivity contribution in [2.45, 2.75) is 32.7 Å². The molecule has 1 heterocycles. The van der Waals surface area contributed by atoms with E-state index in [1.807, 2.05) is 12.1 Å². The van der Waals surface area contributed by atoms with Crippen molar-refractivity contribution in [3.8, 4) is 0 Å². The third kappa shape index (κ3) is 4.43. The molecule has 0 saturated carbocycles. The first kappa shape index (κ1) is 15.3. The lowest BCUT2D eigenvalue weighted by Crippen LogP contribution is -2.37. The number of hydrogen-bond donors (Lipinski definition) is 1. The topological polar surface area (TPSA) is 56.4 Å². The summed E-state index contributed by atoms with van der Waals surface area (Å²) in [7, 11) is 5.07. The second kappa shape index (κ2) is 6.97. The third-order valence-corrected chi connectivity index (χ3v) is 2.97. The summed E-state index contributed by atoms with van der Waals surface area (Å²) in [6.45, 7) is 2.44. The third-order valence-electron chi connectivity index (χ3n) is 2.97. The number of carbonyl (C=O) groups is 1. The average Bonchev–Trinajstić information content (AvgIpc) is 2.37. The van der Waals surface area contributed by atoms with Crippen LogP contribution in [0, 0.1) is 0 Å². The zero-order valence-electron chi connectivity index (χ0n) is 12.2. The van der Waals surface area contributed by atoms with Gasteiger partial charge in [-0.15, -0.1) is 0 Å². The summed E-state index contributed by atoms with van der Waals surface area (Å²) in [4.78, 5) is 29.5. The van der Waals surface area contributed by atoms with Crippen LogP contribution >= 0.6 is 0 Å². The van der Waals surface area contributed by atoms with E-state index in [2.05, 4.69) is 11.9 Å². The molecule has 19 heavy (non-hydrogen) atoms. The van der Waals surface area contributed by atoms with Crippen LogP contribution < -0.4 is 5.56 Å². The molecule has 5 nitrogen and oxygen atoms in total. The van der Waals surface area contributed by atoms with E-state index in [0.717, 1.165) is 25.0 Å². The number of rotatable bonds is 5. The molecule has 106 valence electrons. The van der Waals surface area contributed by atoms with Crippen molar-refractivity contribution in [3.05, 3.63) is 33.7 Å². The number of pyridine rings is 1. The lowest BCUT2D eigenvalue weighted by molar-refractivity contribution is 0.179. The van der Waals surface area contributed by atoms with Crippen LogP contribution in [0.15, 0.2) is 16.9 Å². The van der Waals surface area contributed by atoms with Gasteiger partial charge in [0, 0.05) is 32.4 Å². The molecule has 0 aliphatic carbocycles. The number of carbonyl (C=O) groups excluding carboxylic acids is 1. The van der Waals surface area contributed by atoms with E-state index >= 15 is 0 Å². The van der Waals surface area contributed by atoms with Gasteiger partial charge >= 0.3 is 6.03 Å². The SMILES string of the molecule is CCCCc1ccc(CN(C)C(=O)N(C)C)c(=O)[nH]1. The van der Waals surface area contributed by atoms with Gasteiger partial charge in [-0.05, 0) is 18.9 Å². The number of amides is 2. The zero-order valence-corrected chi connectivity index (χ0v) is 12.2. The van der Waals surface area contributed by atoms with E-state index in [-0.39, 0.29) is 11.6 Å². The monoisotopic (exact) mass is 265 g/mol. The number of urea groups is 1. The van der Waals surface area contributed by atoms with Crippen molar-refractivity contribution in [1.82, 2.24) is 14.8 Å². The molecule has 1 aromatic rings. The smallest absolute Gasteiger partial charge is 0.319 e. The molecule has 0 aliphatic heterocycles. The van der Waals surface area contributed by atoms with Crippen LogP contribution in [-0.4, -0.2) is 42.0 Å². The Morgan fingerprint density at radius 2 is 1.95 bits per heavy atom. The van der Waals surface area contributed by atoms with E-state index in [4.69, 9.17) is 0 Å². The molecule has 1 aromatic heterocycles. The molecule has 2 amide bonds. The standard InChI is InChI=1S/C14H23N3O2/c1-5-6-7-12-9-8-11(13(18)15-12)10-17(4)14(19)16(2)3/h8-9H,5-7,10H2,1-4H3,(H,15,18). The number of unbranched alkanes of at least 4 members (excludes halogenated alkanes) is 1. The van der Waals surface area contributed by atoms with Crippen LogP contribution in [0.5, 0.6) is 0 Å². The maximum Gasteiger partial charge on any atom is 0.319 e. The lowest BCUT2D eigenvalue weighted by atomic mass is 10.1. The number of nitrogens with one attached hydrogen (secondary N) is 1. The fourth-order valence-corrected chi connectivity index (χ4v) is 1.85. The molecule has 0 radical (unpaired) electrons. The molecule has 0 bridgehead atoms. The lowest BCUT2D eigenvalue weighted by Gasteiger charge is -2.21. The number of aryl methyl sites for hydroxylation is 1. The maximum absolute atomic E-state index is 11.9. The minimum atomic E-state index is -0.116. The normalized spacial score (nSPS) is 10.3. The van der Waals surface area contributed by atoms with E-state index in [9.17, 15) is 9.59 Å². The number of aromatic nitrogens is 1. The van der Waals surface area contributed by atoms with E-state index in [0.29, 0.717) is 12.1 Å². The Morgan fingerprint density at radius 3 is 2.47 bits per heavy atom. The predicted octanol–water partition coefficient (Wildman–Crippen LogP) is 1.83. The summed E-state index contributed by atoms with van der Waals surface area (Å²) < 4.78 is 0. The van der Waals surface area contributed by atoms with Crippen LogP contribution in [-0.2, 0) is 13.0 Å². The van der Waals surface area contributed by atoms with Gasteiger partial charge in [0.15, 0.2) is 0 Å². The highest BCUT2D eigenvalue weighted by atomic mass is 16.2. The van der Waals surface area contributed by atoms with Gasteiger partial charge < -0.3 is 14.8 Å². The Kier molecular flexibility index (Phi) is 5.60. The highest BCUT2D eigenvalue weighted by Gasteiger charge is 2.12. The second-order valence-corrected chi connectivity index (χ2v) is 4.97. The van der Waals surface area contributed by atoms with Gasteiger partial charge in [-0.25, -0.2) is 4.79 Å². The highest BCUT2D eigenvalue weighted by molar-refractivity contribution is 5.73. The summed E-state index contributed by atoms with van der Waals surface area (Å²) >= 11 is 0. The molecular weight excluding hydrogens is 242 g/mol. The molecule has 0 aromatic carbocycles. The van der Waals surface area contributed by atoms with Crippen LogP contribution in [0.3, 0.4) is 0 Å². The molecule has 0 aliphatic rings. The summed E-state index contributed by atoms with van der Waals surface area (Å²) in [5, 5.41) is 0.